The number of nitrogens with one attached hydrogen (secondary N) is 1. The molecule has 0 spiro atoms. The van der Waals surface area contributed by atoms with E-state index in [-0.39, 0.29) is 11.7 Å². The minimum atomic E-state index is -0.303. The third-order valence-electron chi connectivity index (χ3n) is 3.86. The summed E-state index contributed by atoms with van der Waals surface area (Å²) < 4.78 is 14.6. The SMILES string of the molecule is Cc1sc(NC(=O)c2cccc(-n3cnnn3)c2)nc1-c1ccc(F)cc1. The third kappa shape index (κ3) is 3.58. The summed E-state index contributed by atoms with van der Waals surface area (Å²) >= 11 is 1.36. The predicted octanol–water partition coefficient (Wildman–Crippen LogP) is 3.49. The van der Waals surface area contributed by atoms with E-state index >= 15 is 0 Å². The largest absolute Gasteiger partial charge is 0.298 e. The van der Waals surface area contributed by atoms with Crippen LogP contribution in [0.3, 0.4) is 0 Å². The van der Waals surface area contributed by atoms with Crippen LogP contribution in [-0.4, -0.2) is 31.1 Å². The van der Waals surface area contributed by atoms with Gasteiger partial charge in [0.05, 0.1) is 11.4 Å². The molecule has 0 fully saturated rings. The standard InChI is InChI=1S/C18H13FN6OS/c1-11-16(12-5-7-14(19)8-6-12)21-18(27-11)22-17(26)13-3-2-4-15(9-13)25-10-20-23-24-25/h2-10H,1H3,(H,21,22,26). The molecule has 2 heterocycles. The average Bonchev–Trinajstić information content (AvgIpc) is 3.33. The van der Waals surface area contributed by atoms with E-state index in [1.807, 2.05) is 6.92 Å². The minimum Gasteiger partial charge on any atom is -0.298 e. The van der Waals surface area contributed by atoms with Gasteiger partial charge in [-0.05, 0) is 59.8 Å². The zero-order chi connectivity index (χ0) is 18.8. The van der Waals surface area contributed by atoms with E-state index in [1.54, 1.807) is 36.4 Å². The van der Waals surface area contributed by atoms with Crippen molar-refractivity contribution in [1.29, 1.82) is 0 Å². The van der Waals surface area contributed by atoms with Crippen molar-refractivity contribution in [3.05, 3.63) is 71.1 Å². The van der Waals surface area contributed by atoms with Gasteiger partial charge < -0.3 is 0 Å². The number of halogens is 1. The zero-order valence-corrected chi connectivity index (χ0v) is 14.9. The Kier molecular flexibility index (Phi) is 4.43. The fourth-order valence-electron chi connectivity index (χ4n) is 2.56. The molecule has 9 heteroatoms. The lowest BCUT2D eigenvalue weighted by Gasteiger charge is -2.04. The number of rotatable bonds is 4. The van der Waals surface area contributed by atoms with Gasteiger partial charge in [0, 0.05) is 16.0 Å². The molecule has 1 N–H and O–H groups in total. The highest BCUT2D eigenvalue weighted by Gasteiger charge is 2.14. The summed E-state index contributed by atoms with van der Waals surface area (Å²) in [4.78, 5) is 18.0. The van der Waals surface area contributed by atoms with Gasteiger partial charge in [-0.3, -0.25) is 10.1 Å². The molecule has 0 aliphatic rings. The van der Waals surface area contributed by atoms with E-state index < -0.39 is 0 Å². The first-order chi connectivity index (χ1) is 13.1. The second-order valence-corrected chi connectivity index (χ2v) is 6.89. The highest BCUT2D eigenvalue weighted by molar-refractivity contribution is 7.16. The molecule has 7 nitrogen and oxygen atoms in total. The summed E-state index contributed by atoms with van der Waals surface area (Å²) in [5.41, 5.74) is 2.65. The van der Waals surface area contributed by atoms with Crippen LogP contribution in [-0.2, 0) is 0 Å². The van der Waals surface area contributed by atoms with E-state index in [1.165, 1.54) is 34.5 Å². The van der Waals surface area contributed by atoms with Crippen LogP contribution >= 0.6 is 11.3 Å². The smallest absolute Gasteiger partial charge is 0.257 e. The van der Waals surface area contributed by atoms with Crippen LogP contribution in [0.2, 0.25) is 0 Å². The van der Waals surface area contributed by atoms with Crippen LogP contribution in [0.15, 0.2) is 54.9 Å². The maximum Gasteiger partial charge on any atom is 0.257 e. The topological polar surface area (TPSA) is 85.6 Å². The molecule has 2 aromatic carbocycles. The quantitative estimate of drug-likeness (QED) is 0.586. The number of hydrogen-bond acceptors (Lipinski definition) is 6. The molecule has 0 unspecified atom stereocenters. The summed E-state index contributed by atoms with van der Waals surface area (Å²) in [7, 11) is 0. The van der Waals surface area contributed by atoms with Crippen LogP contribution in [0, 0.1) is 12.7 Å². The Bertz CT molecular complexity index is 1090. The Hall–Kier alpha value is -3.46. The number of thiazole rings is 1. The van der Waals surface area contributed by atoms with Crippen molar-refractivity contribution in [3.8, 4) is 16.9 Å². The van der Waals surface area contributed by atoms with Gasteiger partial charge in [-0.1, -0.05) is 6.07 Å². The second kappa shape index (κ2) is 7.04. The fourth-order valence-corrected chi connectivity index (χ4v) is 3.39. The molecule has 1 amide bonds. The van der Waals surface area contributed by atoms with Crippen LogP contribution in [0.4, 0.5) is 9.52 Å². The summed E-state index contributed by atoms with van der Waals surface area (Å²) in [6.45, 7) is 1.91. The molecule has 2 aromatic heterocycles. The Morgan fingerprint density at radius 3 is 2.74 bits per heavy atom. The Morgan fingerprint density at radius 2 is 2.00 bits per heavy atom. The number of amides is 1. The molecule has 0 radical (unpaired) electrons. The monoisotopic (exact) mass is 380 g/mol. The molecular weight excluding hydrogens is 367 g/mol. The number of carbonyl (C=O) groups excluding carboxylic acids is 1. The van der Waals surface area contributed by atoms with Crippen LogP contribution in [0.25, 0.3) is 16.9 Å². The summed E-state index contributed by atoms with van der Waals surface area (Å²) in [5, 5.41) is 14.3. The number of anilines is 1. The van der Waals surface area contributed by atoms with Gasteiger partial charge in [0.1, 0.15) is 12.1 Å². The Morgan fingerprint density at radius 1 is 1.19 bits per heavy atom. The Labute approximate surface area is 157 Å². The maximum atomic E-state index is 13.1. The number of benzene rings is 2. The first-order valence-corrected chi connectivity index (χ1v) is 8.80. The highest BCUT2D eigenvalue weighted by Crippen LogP contribution is 2.30. The molecule has 0 saturated heterocycles. The van der Waals surface area contributed by atoms with Crippen LogP contribution in [0.1, 0.15) is 15.2 Å². The number of tetrazole rings is 1. The molecule has 0 aliphatic heterocycles. The van der Waals surface area contributed by atoms with Crippen molar-refractivity contribution in [1.82, 2.24) is 25.2 Å². The summed E-state index contributed by atoms with van der Waals surface area (Å²) in [6.07, 6.45) is 1.45. The number of carbonyl (C=O) groups is 1. The van der Waals surface area contributed by atoms with Crippen molar-refractivity contribution >= 4 is 22.4 Å². The first-order valence-electron chi connectivity index (χ1n) is 7.98. The molecule has 134 valence electrons. The number of hydrogen-bond donors (Lipinski definition) is 1. The minimum absolute atomic E-state index is 0.288. The van der Waals surface area contributed by atoms with Crippen LogP contribution in [0.5, 0.6) is 0 Å². The van der Waals surface area contributed by atoms with Gasteiger partial charge in [0.25, 0.3) is 5.91 Å². The molecule has 4 rings (SSSR count). The van der Waals surface area contributed by atoms with Gasteiger partial charge in [-0.2, -0.15) is 0 Å². The van der Waals surface area contributed by atoms with E-state index in [0.29, 0.717) is 16.4 Å². The zero-order valence-electron chi connectivity index (χ0n) is 14.1. The van der Waals surface area contributed by atoms with Gasteiger partial charge in [-0.15, -0.1) is 16.4 Å². The molecule has 0 aliphatic carbocycles. The normalized spacial score (nSPS) is 10.7. The molecule has 0 saturated carbocycles. The van der Waals surface area contributed by atoms with Crippen molar-refractivity contribution < 1.29 is 9.18 Å². The lowest BCUT2D eigenvalue weighted by Crippen LogP contribution is -2.12. The van der Waals surface area contributed by atoms with Gasteiger partial charge >= 0.3 is 0 Å². The fraction of sp³-hybridized carbons (Fsp3) is 0.0556. The van der Waals surface area contributed by atoms with E-state index in [9.17, 15) is 9.18 Å². The molecular formula is C18H13FN6OS. The van der Waals surface area contributed by atoms with Crippen LogP contribution < -0.4 is 5.32 Å². The maximum absolute atomic E-state index is 13.1. The van der Waals surface area contributed by atoms with Crippen molar-refractivity contribution in [2.24, 2.45) is 0 Å². The Balaban J connectivity index is 1.56. The van der Waals surface area contributed by atoms with Crippen molar-refractivity contribution in [2.75, 3.05) is 5.32 Å². The van der Waals surface area contributed by atoms with E-state index in [2.05, 4.69) is 25.8 Å². The van der Waals surface area contributed by atoms with Crippen molar-refractivity contribution in [3.63, 3.8) is 0 Å². The van der Waals surface area contributed by atoms with Gasteiger partial charge in [0.2, 0.25) is 0 Å². The van der Waals surface area contributed by atoms with Gasteiger partial charge in [-0.25, -0.2) is 14.1 Å². The van der Waals surface area contributed by atoms with Gasteiger partial charge in [0.15, 0.2) is 5.13 Å². The second-order valence-electron chi connectivity index (χ2n) is 5.69. The van der Waals surface area contributed by atoms with E-state index in [4.69, 9.17) is 0 Å². The number of aromatic nitrogens is 5. The summed E-state index contributed by atoms with van der Waals surface area (Å²) in [6, 6.07) is 13.0. The third-order valence-corrected chi connectivity index (χ3v) is 4.74. The lowest BCUT2D eigenvalue weighted by molar-refractivity contribution is 0.102. The number of aryl methyl sites for hydroxylation is 1. The summed E-state index contributed by atoms with van der Waals surface area (Å²) in [5.74, 6) is -0.591. The van der Waals surface area contributed by atoms with E-state index in [0.717, 1.165) is 16.1 Å². The van der Waals surface area contributed by atoms with Crippen molar-refractivity contribution in [2.45, 2.75) is 6.92 Å². The lowest BCUT2D eigenvalue weighted by atomic mass is 10.1. The average molecular weight is 380 g/mol. The molecule has 27 heavy (non-hydrogen) atoms. The molecule has 4 aromatic rings. The molecule has 0 bridgehead atoms. The number of nitrogens with zero attached hydrogens (tertiary/aromatic N) is 5. The molecule has 0 atom stereocenters. The predicted molar refractivity (Wildman–Crippen MR) is 99.4 cm³/mol. The first kappa shape index (κ1) is 17.0. The highest BCUT2D eigenvalue weighted by atomic mass is 32.1.